The highest BCUT2D eigenvalue weighted by Crippen LogP contribution is 2.29. The summed E-state index contributed by atoms with van der Waals surface area (Å²) in [6.07, 6.45) is 2.86. The molecule has 3 N–H and O–H groups in total. The number of nitrogens with zero attached hydrogens (tertiary/aromatic N) is 1. The molecule has 0 radical (unpaired) electrons. The lowest BCUT2D eigenvalue weighted by atomic mass is 10.2. The standard InChI is InChI=1S/C13H19N3O3S2/c1-19-12-6-5-10(9-11(12)15-13(14)20)21(17,18)16-7-3-2-4-8-16/h5-6,9H,2-4,7-8H2,1H3,(H3,14,15,20). The summed E-state index contributed by atoms with van der Waals surface area (Å²) in [4.78, 5) is 0.212. The number of hydrogen-bond acceptors (Lipinski definition) is 4. The molecule has 6 nitrogen and oxygen atoms in total. The van der Waals surface area contributed by atoms with Crippen LogP contribution < -0.4 is 15.8 Å². The van der Waals surface area contributed by atoms with Crippen molar-refractivity contribution in [2.45, 2.75) is 24.2 Å². The van der Waals surface area contributed by atoms with Crippen LogP contribution in [0.1, 0.15) is 19.3 Å². The first-order valence-electron chi connectivity index (χ1n) is 6.70. The molecule has 2 rings (SSSR count). The van der Waals surface area contributed by atoms with Gasteiger partial charge in [0, 0.05) is 13.1 Å². The normalized spacial score (nSPS) is 16.4. The monoisotopic (exact) mass is 329 g/mol. The smallest absolute Gasteiger partial charge is 0.243 e. The van der Waals surface area contributed by atoms with E-state index in [0.29, 0.717) is 24.5 Å². The fourth-order valence-corrected chi connectivity index (χ4v) is 3.99. The van der Waals surface area contributed by atoms with Crippen molar-refractivity contribution in [3.8, 4) is 5.75 Å². The van der Waals surface area contributed by atoms with E-state index in [1.165, 1.54) is 23.5 Å². The number of ether oxygens (including phenoxy) is 1. The molecule has 0 saturated carbocycles. The zero-order valence-electron chi connectivity index (χ0n) is 11.8. The number of piperidine rings is 1. The highest BCUT2D eigenvalue weighted by Gasteiger charge is 2.26. The van der Waals surface area contributed by atoms with Gasteiger partial charge in [-0.3, -0.25) is 0 Å². The van der Waals surface area contributed by atoms with E-state index in [2.05, 4.69) is 5.32 Å². The Morgan fingerprint density at radius 3 is 2.57 bits per heavy atom. The molecular formula is C13H19N3O3S2. The van der Waals surface area contributed by atoms with E-state index in [9.17, 15) is 8.42 Å². The number of sulfonamides is 1. The van der Waals surface area contributed by atoms with Crippen LogP contribution in [0.3, 0.4) is 0 Å². The summed E-state index contributed by atoms with van der Waals surface area (Å²) in [5, 5.41) is 2.80. The molecule has 0 spiro atoms. The van der Waals surface area contributed by atoms with E-state index in [-0.39, 0.29) is 10.0 Å². The topological polar surface area (TPSA) is 84.7 Å². The lowest BCUT2D eigenvalue weighted by Gasteiger charge is -2.26. The Labute approximate surface area is 130 Å². The van der Waals surface area contributed by atoms with Gasteiger partial charge >= 0.3 is 0 Å². The number of nitrogens with one attached hydrogen (secondary N) is 1. The van der Waals surface area contributed by atoms with Crippen molar-refractivity contribution < 1.29 is 13.2 Å². The summed E-state index contributed by atoms with van der Waals surface area (Å²) < 4.78 is 31.9. The Bertz CT molecular complexity index is 626. The van der Waals surface area contributed by atoms with Crippen LogP contribution in [0.15, 0.2) is 23.1 Å². The van der Waals surface area contributed by atoms with Crippen LogP contribution in [0.4, 0.5) is 5.69 Å². The number of anilines is 1. The minimum atomic E-state index is -3.49. The third kappa shape index (κ3) is 3.63. The summed E-state index contributed by atoms with van der Waals surface area (Å²) in [7, 11) is -1.99. The SMILES string of the molecule is COc1ccc(S(=O)(=O)N2CCCCC2)cc1NC(N)=S. The third-order valence-electron chi connectivity index (χ3n) is 3.38. The molecular weight excluding hydrogens is 310 g/mol. The van der Waals surface area contributed by atoms with Crippen molar-refractivity contribution in [1.82, 2.24) is 4.31 Å². The average molecular weight is 329 g/mol. The first-order valence-corrected chi connectivity index (χ1v) is 8.54. The number of thiocarbonyl (C=S) groups is 1. The number of methoxy groups -OCH3 is 1. The summed E-state index contributed by atoms with van der Waals surface area (Å²) in [5.74, 6) is 0.486. The molecule has 21 heavy (non-hydrogen) atoms. The van der Waals surface area contributed by atoms with Gasteiger partial charge in [-0.25, -0.2) is 8.42 Å². The van der Waals surface area contributed by atoms with E-state index in [4.69, 9.17) is 22.7 Å². The Kier molecular flexibility index (Phi) is 5.02. The van der Waals surface area contributed by atoms with Crippen molar-refractivity contribution >= 4 is 33.0 Å². The van der Waals surface area contributed by atoms with Crippen molar-refractivity contribution in [3.63, 3.8) is 0 Å². The largest absolute Gasteiger partial charge is 0.495 e. The van der Waals surface area contributed by atoms with Crippen molar-refractivity contribution in [3.05, 3.63) is 18.2 Å². The van der Waals surface area contributed by atoms with Gasteiger partial charge in [0.1, 0.15) is 5.75 Å². The van der Waals surface area contributed by atoms with Gasteiger partial charge in [0.2, 0.25) is 10.0 Å². The molecule has 0 amide bonds. The van der Waals surface area contributed by atoms with Gasteiger partial charge in [-0.2, -0.15) is 4.31 Å². The highest BCUT2D eigenvalue weighted by molar-refractivity contribution is 7.89. The van der Waals surface area contributed by atoms with Gasteiger partial charge in [-0.1, -0.05) is 6.42 Å². The summed E-state index contributed by atoms with van der Waals surface area (Å²) >= 11 is 4.80. The fraction of sp³-hybridized carbons (Fsp3) is 0.462. The molecule has 1 aliphatic heterocycles. The van der Waals surface area contributed by atoms with Crippen molar-refractivity contribution in [1.29, 1.82) is 0 Å². The van der Waals surface area contributed by atoms with E-state index < -0.39 is 10.0 Å². The zero-order valence-corrected chi connectivity index (χ0v) is 13.5. The second-order valence-electron chi connectivity index (χ2n) is 4.82. The molecule has 0 aliphatic carbocycles. The van der Waals surface area contributed by atoms with Crippen LogP contribution in [0.2, 0.25) is 0 Å². The van der Waals surface area contributed by atoms with Gasteiger partial charge in [0.25, 0.3) is 0 Å². The average Bonchev–Trinajstić information content (AvgIpc) is 2.47. The maximum absolute atomic E-state index is 12.6. The van der Waals surface area contributed by atoms with Crippen LogP contribution in [0.5, 0.6) is 5.75 Å². The summed E-state index contributed by atoms with van der Waals surface area (Å²) in [5.41, 5.74) is 5.90. The molecule has 1 aromatic rings. The fourth-order valence-electron chi connectivity index (χ4n) is 2.33. The maximum Gasteiger partial charge on any atom is 0.243 e. The molecule has 1 heterocycles. The number of benzene rings is 1. The molecule has 0 aromatic heterocycles. The van der Waals surface area contributed by atoms with Crippen LogP contribution in [-0.4, -0.2) is 38.0 Å². The summed E-state index contributed by atoms with van der Waals surface area (Å²) in [6.45, 7) is 1.12. The first-order chi connectivity index (χ1) is 9.95. The molecule has 1 aliphatic rings. The lowest BCUT2D eigenvalue weighted by molar-refractivity contribution is 0.346. The van der Waals surface area contributed by atoms with Crippen LogP contribution in [0.25, 0.3) is 0 Å². The Morgan fingerprint density at radius 1 is 1.33 bits per heavy atom. The van der Waals surface area contributed by atoms with Gasteiger partial charge in [0.05, 0.1) is 17.7 Å². The Balaban J connectivity index is 2.36. The van der Waals surface area contributed by atoms with Crippen molar-refractivity contribution in [2.24, 2.45) is 5.73 Å². The molecule has 1 fully saturated rings. The van der Waals surface area contributed by atoms with Gasteiger partial charge < -0.3 is 15.8 Å². The quantitative estimate of drug-likeness (QED) is 0.815. The second kappa shape index (κ2) is 6.59. The molecule has 1 aromatic carbocycles. The predicted octanol–water partition coefficient (Wildman–Crippen LogP) is 1.53. The second-order valence-corrected chi connectivity index (χ2v) is 7.19. The zero-order chi connectivity index (χ0) is 15.5. The van der Waals surface area contributed by atoms with E-state index in [1.54, 1.807) is 6.07 Å². The number of rotatable bonds is 4. The van der Waals surface area contributed by atoms with Crippen LogP contribution >= 0.6 is 12.2 Å². The van der Waals surface area contributed by atoms with E-state index in [1.807, 2.05) is 0 Å². The van der Waals surface area contributed by atoms with Crippen LogP contribution in [-0.2, 0) is 10.0 Å². The van der Waals surface area contributed by atoms with Gasteiger partial charge in [0.15, 0.2) is 5.11 Å². The van der Waals surface area contributed by atoms with E-state index in [0.717, 1.165) is 19.3 Å². The van der Waals surface area contributed by atoms with Gasteiger partial charge in [-0.15, -0.1) is 0 Å². The molecule has 0 atom stereocenters. The third-order valence-corrected chi connectivity index (χ3v) is 5.38. The van der Waals surface area contributed by atoms with Gasteiger partial charge in [-0.05, 0) is 43.3 Å². The van der Waals surface area contributed by atoms with E-state index >= 15 is 0 Å². The van der Waals surface area contributed by atoms with Crippen LogP contribution in [0, 0.1) is 0 Å². The Hall–Kier alpha value is -1.38. The minimum absolute atomic E-state index is 0.0563. The predicted molar refractivity (Wildman–Crippen MR) is 86.0 cm³/mol. The molecule has 0 bridgehead atoms. The first kappa shape index (κ1) is 16.0. The molecule has 1 saturated heterocycles. The highest BCUT2D eigenvalue weighted by atomic mass is 32.2. The Morgan fingerprint density at radius 2 is 2.00 bits per heavy atom. The number of nitrogens with two attached hydrogens (primary N) is 1. The lowest BCUT2D eigenvalue weighted by Crippen LogP contribution is -2.35. The maximum atomic E-state index is 12.6. The number of hydrogen-bond donors (Lipinski definition) is 2. The molecule has 8 heteroatoms. The minimum Gasteiger partial charge on any atom is -0.495 e. The molecule has 0 unspecified atom stereocenters. The van der Waals surface area contributed by atoms with Crippen molar-refractivity contribution in [2.75, 3.05) is 25.5 Å². The molecule has 116 valence electrons. The summed E-state index contributed by atoms with van der Waals surface area (Å²) in [6, 6.07) is 4.63.